The van der Waals surface area contributed by atoms with Crippen molar-refractivity contribution in [3.05, 3.63) is 27.7 Å². The minimum Gasteiger partial charge on any atom is -0.508 e. The van der Waals surface area contributed by atoms with E-state index in [4.69, 9.17) is 28.3 Å². The number of aliphatic hydroxyl groups excluding tert-OH is 2. The number of fused-ring (bicyclic) bond motifs is 1. The van der Waals surface area contributed by atoms with Crippen LogP contribution < -0.4 is 0 Å². The molecule has 0 bridgehead atoms. The van der Waals surface area contributed by atoms with Crippen LogP contribution in [0.25, 0.3) is 0 Å². The number of phenols is 1. The number of benzene rings is 1. The number of amides is 2. The normalized spacial score (nSPS) is 26.7. The fourth-order valence-corrected chi connectivity index (χ4v) is 4.70. The maximum absolute atomic E-state index is 12.6. The molecule has 0 aromatic heterocycles. The van der Waals surface area contributed by atoms with E-state index in [2.05, 4.69) is 0 Å². The molecular formula is C18H22Cl2N2O5. The number of halogens is 2. The van der Waals surface area contributed by atoms with Crippen molar-refractivity contribution in [3.8, 4) is 5.75 Å². The lowest BCUT2D eigenvalue weighted by molar-refractivity contribution is -0.161. The Labute approximate surface area is 167 Å². The van der Waals surface area contributed by atoms with Gasteiger partial charge in [-0.25, -0.2) is 0 Å². The predicted molar refractivity (Wildman–Crippen MR) is 99.9 cm³/mol. The maximum Gasteiger partial charge on any atom is 0.254 e. The summed E-state index contributed by atoms with van der Waals surface area (Å²) in [7, 11) is 0. The van der Waals surface area contributed by atoms with Crippen LogP contribution in [0, 0.1) is 0 Å². The van der Waals surface area contributed by atoms with Crippen LogP contribution in [0.15, 0.2) is 12.1 Å². The Morgan fingerprint density at radius 1 is 1.41 bits per heavy atom. The highest BCUT2D eigenvalue weighted by atomic mass is 35.5. The van der Waals surface area contributed by atoms with Crippen LogP contribution in [0.5, 0.6) is 5.75 Å². The molecule has 2 heterocycles. The number of hydrogen-bond donors (Lipinski definition) is 3. The highest BCUT2D eigenvalue weighted by molar-refractivity contribution is 6.42. The van der Waals surface area contributed by atoms with Crippen LogP contribution in [-0.2, 0) is 9.59 Å². The molecule has 27 heavy (non-hydrogen) atoms. The highest BCUT2D eigenvalue weighted by Crippen LogP contribution is 2.46. The average molecular weight is 417 g/mol. The summed E-state index contributed by atoms with van der Waals surface area (Å²) in [4.78, 5) is 27.9. The molecule has 1 aromatic rings. The first-order chi connectivity index (χ1) is 12.7. The first kappa shape index (κ1) is 20.2. The Morgan fingerprint density at radius 3 is 2.78 bits per heavy atom. The minimum atomic E-state index is -1.54. The first-order valence-electron chi connectivity index (χ1n) is 8.73. The number of phenolic OH excluding ortho intramolecular Hbond substituents is 1. The van der Waals surface area contributed by atoms with E-state index in [1.165, 1.54) is 17.0 Å². The Bertz CT molecular complexity index is 774. The molecular weight excluding hydrogens is 395 g/mol. The van der Waals surface area contributed by atoms with Gasteiger partial charge in [0, 0.05) is 18.7 Å². The van der Waals surface area contributed by atoms with Crippen molar-refractivity contribution in [2.45, 2.75) is 37.3 Å². The SMILES string of the molecule is C[C@]12C[C@@H](c3c(O)ccc(Cl)c3Cl)CCN1C(=O)CN(C(=O)[C@H](O)CO)C2. The summed E-state index contributed by atoms with van der Waals surface area (Å²) in [6.45, 7) is 1.74. The summed E-state index contributed by atoms with van der Waals surface area (Å²) >= 11 is 12.4. The summed E-state index contributed by atoms with van der Waals surface area (Å²) < 4.78 is 0. The number of aliphatic hydroxyl groups is 2. The molecule has 9 heteroatoms. The van der Waals surface area contributed by atoms with Gasteiger partial charge in [-0.3, -0.25) is 9.59 Å². The topological polar surface area (TPSA) is 101 Å². The molecule has 7 nitrogen and oxygen atoms in total. The minimum absolute atomic E-state index is 0.0530. The van der Waals surface area contributed by atoms with Crippen LogP contribution in [0.3, 0.4) is 0 Å². The van der Waals surface area contributed by atoms with E-state index in [1.54, 1.807) is 4.90 Å². The van der Waals surface area contributed by atoms with Crippen molar-refractivity contribution in [3.63, 3.8) is 0 Å². The molecule has 3 atom stereocenters. The monoisotopic (exact) mass is 416 g/mol. The molecule has 0 radical (unpaired) electrons. The zero-order valence-corrected chi connectivity index (χ0v) is 16.4. The van der Waals surface area contributed by atoms with Crippen molar-refractivity contribution >= 4 is 35.0 Å². The Kier molecular flexibility index (Phi) is 5.59. The summed E-state index contributed by atoms with van der Waals surface area (Å²) in [6, 6.07) is 3.03. The van der Waals surface area contributed by atoms with E-state index < -0.39 is 24.2 Å². The number of rotatable bonds is 3. The van der Waals surface area contributed by atoms with E-state index in [-0.39, 0.29) is 30.7 Å². The molecule has 2 aliphatic rings. The van der Waals surface area contributed by atoms with Crippen LogP contribution in [0.2, 0.25) is 10.0 Å². The molecule has 0 saturated carbocycles. The summed E-state index contributed by atoms with van der Waals surface area (Å²) in [5.41, 5.74) is -0.127. The third-order valence-corrected chi connectivity index (χ3v) is 6.30. The fraction of sp³-hybridized carbons (Fsp3) is 0.556. The first-order valence-corrected chi connectivity index (χ1v) is 9.48. The van der Waals surface area contributed by atoms with Gasteiger partial charge in [0.2, 0.25) is 5.91 Å². The molecule has 2 amide bonds. The van der Waals surface area contributed by atoms with Crippen LogP contribution >= 0.6 is 23.2 Å². The zero-order valence-electron chi connectivity index (χ0n) is 14.9. The summed E-state index contributed by atoms with van der Waals surface area (Å²) in [6.07, 6.45) is -0.452. The zero-order chi connectivity index (χ0) is 19.9. The molecule has 0 unspecified atom stereocenters. The highest BCUT2D eigenvalue weighted by Gasteiger charge is 2.48. The number of hydrogen-bond acceptors (Lipinski definition) is 5. The van der Waals surface area contributed by atoms with E-state index >= 15 is 0 Å². The van der Waals surface area contributed by atoms with Gasteiger partial charge < -0.3 is 25.1 Å². The molecule has 2 fully saturated rings. The van der Waals surface area contributed by atoms with Gasteiger partial charge in [0.1, 0.15) is 5.75 Å². The van der Waals surface area contributed by atoms with E-state index in [0.717, 1.165) is 0 Å². The smallest absolute Gasteiger partial charge is 0.254 e. The molecule has 1 aromatic carbocycles. The van der Waals surface area contributed by atoms with Crippen molar-refractivity contribution in [2.24, 2.45) is 0 Å². The lowest BCUT2D eigenvalue weighted by atomic mass is 9.76. The van der Waals surface area contributed by atoms with Crippen molar-refractivity contribution in [2.75, 3.05) is 26.2 Å². The molecule has 2 aliphatic heterocycles. The standard InChI is InChI=1S/C18H22Cl2N2O5/c1-18-6-10(15-12(24)3-2-11(19)16(15)20)4-5-22(18)14(26)7-21(9-18)17(27)13(25)8-23/h2-3,10,13,23-25H,4-9H2,1H3/t10-,13+,18+/m0/s1. The molecule has 3 rings (SSSR count). The average Bonchev–Trinajstić information content (AvgIpc) is 2.62. The number of carbonyl (C=O) groups is 2. The lowest BCUT2D eigenvalue weighted by Crippen LogP contribution is -2.67. The van der Waals surface area contributed by atoms with Crippen molar-refractivity contribution < 1.29 is 24.9 Å². The largest absolute Gasteiger partial charge is 0.508 e. The molecule has 148 valence electrons. The summed E-state index contributed by atoms with van der Waals surface area (Å²) in [5.74, 6) is -0.958. The van der Waals surface area contributed by atoms with Crippen molar-refractivity contribution in [1.29, 1.82) is 0 Å². The molecule has 0 spiro atoms. The third-order valence-electron chi connectivity index (χ3n) is 5.49. The van der Waals surface area contributed by atoms with Crippen LogP contribution in [-0.4, -0.2) is 74.8 Å². The third kappa shape index (κ3) is 3.61. The Morgan fingerprint density at radius 2 is 2.11 bits per heavy atom. The van der Waals surface area contributed by atoms with E-state index in [9.17, 15) is 19.8 Å². The van der Waals surface area contributed by atoms with E-state index in [0.29, 0.717) is 35.0 Å². The Hall–Kier alpha value is -1.54. The van der Waals surface area contributed by atoms with Gasteiger partial charge in [0.15, 0.2) is 6.10 Å². The number of piperidine rings is 1. The van der Waals surface area contributed by atoms with Crippen LogP contribution in [0.4, 0.5) is 0 Å². The molecule has 2 saturated heterocycles. The van der Waals surface area contributed by atoms with Crippen LogP contribution in [0.1, 0.15) is 31.2 Å². The fourth-order valence-electron chi connectivity index (χ4n) is 4.22. The van der Waals surface area contributed by atoms with Gasteiger partial charge >= 0.3 is 0 Å². The van der Waals surface area contributed by atoms with Crippen molar-refractivity contribution in [1.82, 2.24) is 9.80 Å². The van der Waals surface area contributed by atoms with Gasteiger partial charge in [0.25, 0.3) is 5.91 Å². The predicted octanol–water partition coefficient (Wildman–Crippen LogP) is 1.36. The van der Waals surface area contributed by atoms with Gasteiger partial charge in [-0.05, 0) is 37.8 Å². The van der Waals surface area contributed by atoms with Gasteiger partial charge in [-0.15, -0.1) is 0 Å². The number of carbonyl (C=O) groups excluding carboxylic acids is 2. The lowest BCUT2D eigenvalue weighted by Gasteiger charge is -2.53. The second-order valence-electron chi connectivity index (χ2n) is 7.42. The second kappa shape index (κ2) is 7.47. The number of aromatic hydroxyl groups is 1. The quantitative estimate of drug-likeness (QED) is 0.690. The second-order valence-corrected chi connectivity index (χ2v) is 8.20. The van der Waals surface area contributed by atoms with Gasteiger partial charge in [-0.2, -0.15) is 0 Å². The molecule has 0 aliphatic carbocycles. The number of nitrogens with zero attached hydrogens (tertiary/aromatic N) is 2. The van der Waals surface area contributed by atoms with E-state index in [1.807, 2.05) is 6.92 Å². The van der Waals surface area contributed by atoms with Gasteiger partial charge in [0.05, 0.1) is 28.7 Å². The molecule has 3 N–H and O–H groups in total. The van der Waals surface area contributed by atoms with Gasteiger partial charge in [-0.1, -0.05) is 23.2 Å². The summed E-state index contributed by atoms with van der Waals surface area (Å²) in [5, 5.41) is 29.6. The maximum atomic E-state index is 12.6. The Balaban J connectivity index is 1.89. The number of piperazine rings is 1.